The molecule has 4 nitrogen and oxygen atoms in total. The number of nitrogens with zero attached hydrogens (tertiary/aromatic N) is 2. The van der Waals surface area contributed by atoms with Gasteiger partial charge >= 0.3 is 0 Å². The van der Waals surface area contributed by atoms with Crippen molar-refractivity contribution in [3.05, 3.63) is 70.0 Å². The van der Waals surface area contributed by atoms with E-state index >= 15 is 0 Å². The Morgan fingerprint density at radius 3 is 2.68 bits per heavy atom. The fourth-order valence-corrected chi connectivity index (χ4v) is 2.18. The van der Waals surface area contributed by atoms with Crippen LogP contribution in [0.4, 0.5) is 0 Å². The van der Waals surface area contributed by atoms with Crippen LogP contribution >= 0.6 is 23.2 Å². The zero-order chi connectivity index (χ0) is 15.9. The first-order valence-electron chi connectivity index (χ1n) is 6.34. The quantitative estimate of drug-likeness (QED) is 0.867. The highest BCUT2D eigenvalue weighted by Crippen LogP contribution is 2.29. The van der Waals surface area contributed by atoms with E-state index in [0.29, 0.717) is 10.6 Å². The lowest BCUT2D eigenvalue weighted by atomic mass is 10.1. The number of carbonyl (C=O) groups is 1. The highest BCUT2D eigenvalue weighted by atomic mass is 35.5. The minimum Gasteiger partial charge on any atom is -0.333 e. The molecule has 1 N–H and O–H groups in total. The number of nitriles is 1. The third-order valence-corrected chi connectivity index (χ3v) is 3.67. The molecule has 6 heteroatoms. The molecule has 2 rings (SSSR count). The van der Waals surface area contributed by atoms with Crippen molar-refractivity contribution in [3.8, 4) is 6.07 Å². The van der Waals surface area contributed by atoms with E-state index in [9.17, 15) is 10.1 Å². The normalized spacial score (nSPS) is 11.9. The number of halogens is 2. The van der Waals surface area contributed by atoms with Gasteiger partial charge in [0.15, 0.2) is 0 Å². The van der Waals surface area contributed by atoms with Crippen molar-refractivity contribution in [3.63, 3.8) is 0 Å². The monoisotopic (exact) mass is 331 g/mol. The summed E-state index contributed by atoms with van der Waals surface area (Å²) >= 11 is 12.0. The first-order chi connectivity index (χ1) is 10.6. The molecule has 1 aromatic heterocycles. The lowest BCUT2D eigenvalue weighted by Crippen LogP contribution is -2.26. The standard InChI is InChI=1S/C16H11Cl2N3O/c17-13-3-1-2-12(16(13)18)14(10-19)21-15(22)5-4-11-6-8-20-9-7-11/h1-9,14H,(H,21,22)/b5-4+. The summed E-state index contributed by atoms with van der Waals surface area (Å²) in [4.78, 5) is 15.8. The van der Waals surface area contributed by atoms with Crippen molar-refractivity contribution in [1.82, 2.24) is 10.3 Å². The van der Waals surface area contributed by atoms with Crippen molar-refractivity contribution < 1.29 is 4.79 Å². The molecule has 0 spiro atoms. The smallest absolute Gasteiger partial charge is 0.245 e. The van der Waals surface area contributed by atoms with E-state index in [4.69, 9.17) is 23.2 Å². The molecule has 0 aliphatic carbocycles. The fourth-order valence-electron chi connectivity index (χ4n) is 1.76. The van der Waals surface area contributed by atoms with Crippen LogP contribution in [0.5, 0.6) is 0 Å². The minimum absolute atomic E-state index is 0.258. The van der Waals surface area contributed by atoms with Crippen LogP contribution in [-0.4, -0.2) is 10.9 Å². The fraction of sp³-hybridized carbons (Fsp3) is 0.0625. The van der Waals surface area contributed by atoms with Gasteiger partial charge in [-0.1, -0.05) is 35.3 Å². The summed E-state index contributed by atoms with van der Waals surface area (Å²) in [5.74, 6) is -0.403. The van der Waals surface area contributed by atoms with Crippen LogP contribution in [0.25, 0.3) is 6.08 Å². The molecule has 0 saturated heterocycles. The van der Waals surface area contributed by atoms with Crippen LogP contribution in [0.1, 0.15) is 17.2 Å². The van der Waals surface area contributed by atoms with E-state index in [-0.39, 0.29) is 5.02 Å². The molecule has 0 saturated carbocycles. The Morgan fingerprint density at radius 1 is 1.27 bits per heavy atom. The summed E-state index contributed by atoms with van der Waals surface area (Å²) < 4.78 is 0. The van der Waals surface area contributed by atoms with E-state index < -0.39 is 11.9 Å². The number of carbonyl (C=O) groups excluding carboxylic acids is 1. The maximum absolute atomic E-state index is 11.9. The molecule has 0 bridgehead atoms. The molecule has 0 radical (unpaired) electrons. The summed E-state index contributed by atoms with van der Waals surface area (Å²) in [5, 5.41) is 12.4. The van der Waals surface area contributed by atoms with Gasteiger partial charge in [0.05, 0.1) is 16.1 Å². The van der Waals surface area contributed by atoms with Crippen LogP contribution in [-0.2, 0) is 4.79 Å². The number of rotatable bonds is 4. The third-order valence-electron chi connectivity index (χ3n) is 2.84. The molecule has 1 heterocycles. The van der Waals surface area contributed by atoms with Crippen molar-refractivity contribution >= 4 is 35.2 Å². The Kier molecular flexibility index (Phi) is 5.54. The highest BCUT2D eigenvalue weighted by molar-refractivity contribution is 6.42. The SMILES string of the molecule is N#CC(NC(=O)/C=C/c1ccncc1)c1cccc(Cl)c1Cl. The maximum atomic E-state index is 11.9. The van der Waals surface area contributed by atoms with Gasteiger partial charge in [0.25, 0.3) is 0 Å². The first-order valence-corrected chi connectivity index (χ1v) is 7.09. The van der Waals surface area contributed by atoms with E-state index in [1.165, 1.54) is 6.08 Å². The molecule has 1 amide bonds. The second kappa shape index (κ2) is 7.60. The summed E-state index contributed by atoms with van der Waals surface area (Å²) in [6, 6.07) is 9.59. The predicted molar refractivity (Wildman–Crippen MR) is 86.2 cm³/mol. The van der Waals surface area contributed by atoms with Crippen molar-refractivity contribution in [1.29, 1.82) is 5.26 Å². The maximum Gasteiger partial charge on any atom is 0.245 e. The molecule has 1 atom stereocenters. The summed E-state index contributed by atoms with van der Waals surface area (Å²) in [7, 11) is 0. The van der Waals surface area contributed by atoms with Crippen LogP contribution in [0.3, 0.4) is 0 Å². The second-order valence-corrected chi connectivity index (χ2v) is 5.11. The molecule has 0 aliphatic rings. The number of aromatic nitrogens is 1. The van der Waals surface area contributed by atoms with Crippen molar-refractivity contribution in [2.45, 2.75) is 6.04 Å². The Labute approximate surface area is 138 Å². The minimum atomic E-state index is -0.874. The first kappa shape index (κ1) is 16.0. The molecule has 110 valence electrons. The van der Waals surface area contributed by atoms with Crippen LogP contribution in [0.2, 0.25) is 10.0 Å². The van der Waals surface area contributed by atoms with Gasteiger partial charge in [-0.05, 0) is 29.8 Å². The molecular weight excluding hydrogens is 321 g/mol. The molecule has 1 unspecified atom stereocenters. The Morgan fingerprint density at radius 2 is 2.00 bits per heavy atom. The Hall–Kier alpha value is -2.35. The van der Waals surface area contributed by atoms with Gasteiger partial charge < -0.3 is 5.32 Å². The second-order valence-electron chi connectivity index (χ2n) is 4.33. The molecule has 22 heavy (non-hydrogen) atoms. The van der Waals surface area contributed by atoms with Crippen LogP contribution in [0, 0.1) is 11.3 Å². The number of amides is 1. The predicted octanol–water partition coefficient (Wildman–Crippen LogP) is 3.78. The average molecular weight is 332 g/mol. The van der Waals surface area contributed by atoms with Crippen molar-refractivity contribution in [2.75, 3.05) is 0 Å². The molecule has 1 aromatic carbocycles. The van der Waals surface area contributed by atoms with Crippen LogP contribution < -0.4 is 5.32 Å². The Bertz CT molecular complexity index is 739. The Balaban J connectivity index is 2.11. The average Bonchev–Trinajstić information content (AvgIpc) is 2.54. The summed E-state index contributed by atoms with van der Waals surface area (Å²) in [6.45, 7) is 0. The zero-order valence-electron chi connectivity index (χ0n) is 11.3. The molecule has 0 fully saturated rings. The lowest BCUT2D eigenvalue weighted by Gasteiger charge is -2.12. The number of nitrogens with one attached hydrogen (secondary N) is 1. The topological polar surface area (TPSA) is 65.8 Å². The number of hydrogen-bond acceptors (Lipinski definition) is 3. The van der Waals surface area contributed by atoms with Gasteiger partial charge in [0, 0.05) is 24.0 Å². The van der Waals surface area contributed by atoms with E-state index in [0.717, 1.165) is 5.56 Å². The van der Waals surface area contributed by atoms with Gasteiger partial charge in [-0.15, -0.1) is 0 Å². The van der Waals surface area contributed by atoms with Gasteiger partial charge in [0.1, 0.15) is 6.04 Å². The number of benzene rings is 1. The summed E-state index contributed by atoms with van der Waals surface area (Å²) in [5.41, 5.74) is 1.29. The van der Waals surface area contributed by atoms with E-state index in [2.05, 4.69) is 10.3 Å². The van der Waals surface area contributed by atoms with Gasteiger partial charge in [-0.2, -0.15) is 5.26 Å². The van der Waals surface area contributed by atoms with Crippen molar-refractivity contribution in [2.24, 2.45) is 0 Å². The van der Waals surface area contributed by atoms with Gasteiger partial charge in [-0.25, -0.2) is 0 Å². The van der Waals surface area contributed by atoms with Gasteiger partial charge in [-0.3, -0.25) is 9.78 Å². The number of hydrogen-bond donors (Lipinski definition) is 1. The highest BCUT2D eigenvalue weighted by Gasteiger charge is 2.17. The zero-order valence-corrected chi connectivity index (χ0v) is 12.8. The lowest BCUT2D eigenvalue weighted by molar-refractivity contribution is -0.116. The third kappa shape index (κ3) is 4.08. The van der Waals surface area contributed by atoms with E-state index in [1.807, 2.05) is 6.07 Å². The van der Waals surface area contributed by atoms with Crippen LogP contribution in [0.15, 0.2) is 48.8 Å². The molecular formula is C16H11Cl2N3O. The molecule has 2 aromatic rings. The summed E-state index contributed by atoms with van der Waals surface area (Å²) in [6.07, 6.45) is 6.23. The number of pyridine rings is 1. The molecule has 0 aliphatic heterocycles. The van der Waals surface area contributed by atoms with E-state index in [1.54, 1.807) is 48.8 Å². The van der Waals surface area contributed by atoms with Gasteiger partial charge in [0.2, 0.25) is 5.91 Å². The largest absolute Gasteiger partial charge is 0.333 e.